The van der Waals surface area contributed by atoms with Gasteiger partial charge in [0.1, 0.15) is 0 Å². The standard InChI is InChI=1S/C13H17N3O2S/c1-2-14-11-8-17-7-10(11)13-15-12(16-18-13)6-9-4-3-5-19-9/h3-5,10-11,14H,2,6-8H2,1H3. The quantitative estimate of drug-likeness (QED) is 0.904. The van der Waals surface area contributed by atoms with E-state index in [1.807, 2.05) is 6.07 Å². The molecule has 6 heteroatoms. The molecule has 0 bridgehead atoms. The Labute approximate surface area is 116 Å². The van der Waals surface area contributed by atoms with Crippen LogP contribution in [0.15, 0.2) is 22.0 Å². The minimum Gasteiger partial charge on any atom is -0.379 e. The second-order valence-corrected chi connectivity index (χ2v) is 5.65. The van der Waals surface area contributed by atoms with E-state index in [2.05, 4.69) is 33.8 Å². The average molecular weight is 279 g/mol. The fraction of sp³-hybridized carbons (Fsp3) is 0.538. The first-order valence-electron chi connectivity index (χ1n) is 6.52. The predicted molar refractivity (Wildman–Crippen MR) is 72.4 cm³/mol. The van der Waals surface area contributed by atoms with Gasteiger partial charge < -0.3 is 14.6 Å². The van der Waals surface area contributed by atoms with E-state index in [0.717, 1.165) is 18.8 Å². The molecular formula is C13H17N3O2S. The van der Waals surface area contributed by atoms with Gasteiger partial charge in [0.25, 0.3) is 0 Å². The largest absolute Gasteiger partial charge is 0.379 e. The second kappa shape index (κ2) is 5.81. The van der Waals surface area contributed by atoms with Crippen LogP contribution in [-0.2, 0) is 11.2 Å². The van der Waals surface area contributed by atoms with Gasteiger partial charge in [-0.3, -0.25) is 0 Å². The molecular weight excluding hydrogens is 262 g/mol. The Hall–Kier alpha value is -1.24. The molecule has 0 aromatic carbocycles. The van der Waals surface area contributed by atoms with E-state index in [-0.39, 0.29) is 12.0 Å². The molecule has 1 aliphatic rings. The number of nitrogens with zero attached hydrogens (tertiary/aromatic N) is 2. The molecule has 1 aliphatic heterocycles. The lowest BCUT2D eigenvalue weighted by Crippen LogP contribution is -2.34. The van der Waals surface area contributed by atoms with Gasteiger partial charge >= 0.3 is 0 Å². The Morgan fingerprint density at radius 3 is 3.21 bits per heavy atom. The fourth-order valence-electron chi connectivity index (χ4n) is 2.32. The molecule has 2 aromatic heterocycles. The highest BCUT2D eigenvalue weighted by molar-refractivity contribution is 7.09. The van der Waals surface area contributed by atoms with Crippen LogP contribution in [0.3, 0.4) is 0 Å². The van der Waals surface area contributed by atoms with E-state index >= 15 is 0 Å². The third-order valence-corrected chi connectivity index (χ3v) is 4.14. The van der Waals surface area contributed by atoms with Crippen LogP contribution in [0, 0.1) is 0 Å². The number of thiophene rings is 1. The van der Waals surface area contributed by atoms with Gasteiger partial charge in [0.05, 0.1) is 19.1 Å². The highest BCUT2D eigenvalue weighted by Gasteiger charge is 2.33. The van der Waals surface area contributed by atoms with Crippen molar-refractivity contribution in [2.75, 3.05) is 19.8 Å². The molecule has 1 fully saturated rings. The third-order valence-electron chi connectivity index (χ3n) is 3.26. The van der Waals surface area contributed by atoms with Gasteiger partial charge in [0.15, 0.2) is 5.82 Å². The van der Waals surface area contributed by atoms with E-state index in [1.54, 1.807) is 11.3 Å². The topological polar surface area (TPSA) is 60.2 Å². The predicted octanol–water partition coefficient (Wildman–Crippen LogP) is 1.81. The summed E-state index contributed by atoms with van der Waals surface area (Å²) in [4.78, 5) is 5.76. The number of likely N-dealkylation sites (N-methyl/N-ethyl adjacent to an activating group) is 1. The Balaban J connectivity index is 1.70. The van der Waals surface area contributed by atoms with Gasteiger partial charge in [0.2, 0.25) is 5.89 Å². The number of hydrogen-bond acceptors (Lipinski definition) is 6. The van der Waals surface area contributed by atoms with Crippen LogP contribution in [0.4, 0.5) is 0 Å². The summed E-state index contributed by atoms with van der Waals surface area (Å²) in [7, 11) is 0. The maximum Gasteiger partial charge on any atom is 0.233 e. The SMILES string of the molecule is CCNC1COCC1c1nc(Cc2cccs2)no1. The average Bonchev–Trinajstić information content (AvgIpc) is 3.11. The number of hydrogen-bond donors (Lipinski definition) is 1. The monoisotopic (exact) mass is 279 g/mol. The molecule has 19 heavy (non-hydrogen) atoms. The van der Waals surface area contributed by atoms with Gasteiger partial charge in [0, 0.05) is 17.3 Å². The molecule has 3 rings (SSSR count). The molecule has 5 nitrogen and oxygen atoms in total. The van der Waals surface area contributed by atoms with Crippen LogP contribution in [0.25, 0.3) is 0 Å². The Morgan fingerprint density at radius 2 is 2.42 bits per heavy atom. The lowest BCUT2D eigenvalue weighted by molar-refractivity contribution is 0.185. The van der Waals surface area contributed by atoms with Crippen LogP contribution in [0.5, 0.6) is 0 Å². The molecule has 0 radical (unpaired) electrons. The minimum absolute atomic E-state index is 0.171. The molecule has 0 saturated carbocycles. The number of aromatic nitrogens is 2. The zero-order valence-electron chi connectivity index (χ0n) is 10.8. The smallest absolute Gasteiger partial charge is 0.233 e. The van der Waals surface area contributed by atoms with E-state index in [4.69, 9.17) is 9.26 Å². The molecule has 102 valence electrons. The first-order chi connectivity index (χ1) is 9.36. The summed E-state index contributed by atoms with van der Waals surface area (Å²) < 4.78 is 10.9. The summed E-state index contributed by atoms with van der Waals surface area (Å²) >= 11 is 1.71. The van der Waals surface area contributed by atoms with Gasteiger partial charge in [-0.25, -0.2) is 0 Å². The summed E-state index contributed by atoms with van der Waals surface area (Å²) in [5.41, 5.74) is 0. The van der Waals surface area contributed by atoms with E-state index in [0.29, 0.717) is 19.1 Å². The highest BCUT2D eigenvalue weighted by atomic mass is 32.1. The molecule has 0 spiro atoms. The van der Waals surface area contributed by atoms with Crippen molar-refractivity contribution in [1.82, 2.24) is 15.5 Å². The molecule has 2 atom stereocenters. The summed E-state index contributed by atoms with van der Waals surface area (Å²) in [6.45, 7) is 4.37. The van der Waals surface area contributed by atoms with Crippen molar-refractivity contribution >= 4 is 11.3 Å². The lowest BCUT2D eigenvalue weighted by Gasteiger charge is -2.13. The van der Waals surface area contributed by atoms with Gasteiger partial charge in [-0.05, 0) is 18.0 Å². The molecule has 2 unspecified atom stereocenters. The molecule has 0 aliphatic carbocycles. The van der Waals surface area contributed by atoms with Crippen molar-refractivity contribution in [1.29, 1.82) is 0 Å². The molecule has 3 heterocycles. The number of rotatable bonds is 5. The van der Waals surface area contributed by atoms with E-state index < -0.39 is 0 Å². The van der Waals surface area contributed by atoms with Crippen molar-refractivity contribution in [3.05, 3.63) is 34.1 Å². The third kappa shape index (κ3) is 2.86. The summed E-state index contributed by atoms with van der Waals surface area (Å²) in [5, 5.41) is 9.52. The van der Waals surface area contributed by atoms with Crippen molar-refractivity contribution in [3.63, 3.8) is 0 Å². The second-order valence-electron chi connectivity index (χ2n) is 4.61. The normalized spacial score (nSPS) is 23.0. The Bertz CT molecular complexity index is 512. The van der Waals surface area contributed by atoms with Crippen molar-refractivity contribution in [2.24, 2.45) is 0 Å². The van der Waals surface area contributed by atoms with Crippen molar-refractivity contribution in [3.8, 4) is 0 Å². The maximum atomic E-state index is 5.50. The number of nitrogens with one attached hydrogen (secondary N) is 1. The summed E-state index contributed by atoms with van der Waals surface area (Å²) in [6, 6.07) is 4.40. The fourth-order valence-corrected chi connectivity index (χ4v) is 3.02. The Kier molecular flexibility index (Phi) is 3.91. The van der Waals surface area contributed by atoms with Crippen molar-refractivity contribution < 1.29 is 9.26 Å². The van der Waals surface area contributed by atoms with Crippen LogP contribution < -0.4 is 5.32 Å². The maximum absolute atomic E-state index is 5.50. The minimum atomic E-state index is 0.171. The van der Waals surface area contributed by atoms with Gasteiger partial charge in [-0.15, -0.1) is 11.3 Å². The highest BCUT2D eigenvalue weighted by Crippen LogP contribution is 2.25. The van der Waals surface area contributed by atoms with Crippen LogP contribution in [0.2, 0.25) is 0 Å². The van der Waals surface area contributed by atoms with Crippen LogP contribution in [-0.4, -0.2) is 35.9 Å². The lowest BCUT2D eigenvalue weighted by atomic mass is 10.0. The summed E-state index contributed by atoms with van der Waals surface area (Å²) in [5.74, 6) is 1.61. The molecule has 1 saturated heterocycles. The van der Waals surface area contributed by atoms with Crippen LogP contribution in [0.1, 0.15) is 29.4 Å². The summed E-state index contributed by atoms with van der Waals surface area (Å²) in [6.07, 6.45) is 0.737. The van der Waals surface area contributed by atoms with E-state index in [1.165, 1.54) is 4.88 Å². The molecule has 2 aromatic rings. The van der Waals surface area contributed by atoms with Gasteiger partial charge in [-0.2, -0.15) is 4.98 Å². The zero-order valence-corrected chi connectivity index (χ0v) is 11.7. The van der Waals surface area contributed by atoms with Crippen LogP contribution >= 0.6 is 11.3 Å². The molecule has 1 N–H and O–H groups in total. The van der Waals surface area contributed by atoms with Gasteiger partial charge in [-0.1, -0.05) is 18.1 Å². The number of ether oxygens (including phenoxy) is 1. The van der Waals surface area contributed by atoms with E-state index in [9.17, 15) is 0 Å². The molecule has 0 amide bonds. The first-order valence-corrected chi connectivity index (χ1v) is 7.40. The first kappa shape index (κ1) is 12.8. The van der Waals surface area contributed by atoms with Crippen molar-refractivity contribution in [2.45, 2.75) is 25.3 Å². The zero-order chi connectivity index (χ0) is 13.1. The Morgan fingerprint density at radius 1 is 1.47 bits per heavy atom.